The van der Waals surface area contributed by atoms with Crippen LogP contribution >= 0.6 is 0 Å². The summed E-state index contributed by atoms with van der Waals surface area (Å²) in [7, 11) is 0. The molecule has 160 valence electrons. The Labute approximate surface area is 174 Å². The summed E-state index contributed by atoms with van der Waals surface area (Å²) in [4.78, 5) is 35.1. The van der Waals surface area contributed by atoms with Gasteiger partial charge in [0.05, 0.1) is 4.92 Å². The van der Waals surface area contributed by atoms with Crippen LogP contribution in [0.3, 0.4) is 0 Å². The number of hydrogen-bond donors (Lipinski definition) is 1. The molecule has 0 aliphatic heterocycles. The van der Waals surface area contributed by atoms with E-state index in [0.29, 0.717) is 0 Å². The molecule has 0 saturated carbocycles. The fourth-order valence-corrected chi connectivity index (χ4v) is 2.51. The van der Waals surface area contributed by atoms with Crippen LogP contribution in [0.25, 0.3) is 0 Å². The topological polar surface area (TPSA) is 116 Å². The van der Waals surface area contributed by atoms with Crippen molar-refractivity contribution in [3.05, 3.63) is 69.8 Å². The van der Waals surface area contributed by atoms with E-state index in [9.17, 15) is 24.8 Å². The average molecular weight is 415 g/mol. The molecule has 0 heterocycles. The first-order chi connectivity index (χ1) is 14.0. The number of carbonyl (C=O) groups excluding carboxylic acids is 1. The molecule has 0 aromatic heterocycles. The summed E-state index contributed by atoms with van der Waals surface area (Å²) in [5.74, 6) is -4.10. The Morgan fingerprint density at radius 2 is 1.77 bits per heavy atom. The van der Waals surface area contributed by atoms with Crippen molar-refractivity contribution < 1.29 is 29.1 Å². The maximum absolute atomic E-state index is 12.6. The lowest BCUT2D eigenvalue weighted by Gasteiger charge is -2.28. The standard InChI is InChI=1S/C22H25NO7/c1-14(22(2,3)4)30-21(26)19(20(24)25)16-10-11-17(23(27)28)18(12-16)29-13-15-8-6-5-7-9-15/h5-12,14,19H,13H2,1-4H3,(H,24,25). The van der Waals surface area contributed by atoms with E-state index in [0.717, 1.165) is 11.6 Å². The summed E-state index contributed by atoms with van der Waals surface area (Å²) < 4.78 is 10.9. The lowest BCUT2D eigenvalue weighted by molar-refractivity contribution is -0.386. The summed E-state index contributed by atoms with van der Waals surface area (Å²) in [5, 5.41) is 21.0. The molecule has 1 N–H and O–H groups in total. The zero-order chi connectivity index (χ0) is 22.5. The van der Waals surface area contributed by atoms with E-state index in [1.54, 1.807) is 31.2 Å². The van der Waals surface area contributed by atoms with Gasteiger partial charge in [0.25, 0.3) is 0 Å². The molecule has 0 radical (unpaired) electrons. The fraction of sp³-hybridized carbons (Fsp3) is 0.364. The van der Waals surface area contributed by atoms with Crippen molar-refractivity contribution in [1.29, 1.82) is 0 Å². The Kier molecular flexibility index (Phi) is 7.15. The summed E-state index contributed by atoms with van der Waals surface area (Å²) in [6, 6.07) is 12.6. The number of aliphatic carboxylic acids is 1. The Morgan fingerprint density at radius 3 is 2.30 bits per heavy atom. The second-order valence-electron chi connectivity index (χ2n) is 7.97. The molecule has 30 heavy (non-hydrogen) atoms. The molecule has 0 fully saturated rings. The third-order valence-corrected chi connectivity index (χ3v) is 4.75. The van der Waals surface area contributed by atoms with Crippen LogP contribution in [-0.4, -0.2) is 28.1 Å². The van der Waals surface area contributed by atoms with E-state index in [2.05, 4.69) is 0 Å². The third-order valence-electron chi connectivity index (χ3n) is 4.75. The number of esters is 1. The number of benzene rings is 2. The average Bonchev–Trinajstić information content (AvgIpc) is 2.66. The van der Waals surface area contributed by atoms with Crippen molar-refractivity contribution in [2.24, 2.45) is 5.41 Å². The van der Waals surface area contributed by atoms with Crippen LogP contribution in [0.4, 0.5) is 5.69 Å². The Morgan fingerprint density at radius 1 is 1.13 bits per heavy atom. The first-order valence-electron chi connectivity index (χ1n) is 9.39. The molecule has 8 nitrogen and oxygen atoms in total. The predicted octanol–water partition coefficient (Wildman–Crippen LogP) is 4.32. The summed E-state index contributed by atoms with van der Waals surface area (Å²) in [5.41, 5.74) is 0.126. The van der Waals surface area contributed by atoms with E-state index in [-0.39, 0.29) is 29.0 Å². The van der Waals surface area contributed by atoms with Gasteiger partial charge in [0.15, 0.2) is 11.7 Å². The number of carbonyl (C=O) groups is 2. The molecule has 0 saturated heterocycles. The Balaban J connectivity index is 2.34. The lowest BCUT2D eigenvalue weighted by Crippen LogP contribution is -2.33. The fourth-order valence-electron chi connectivity index (χ4n) is 2.51. The molecule has 2 atom stereocenters. The monoisotopic (exact) mass is 415 g/mol. The van der Waals surface area contributed by atoms with Gasteiger partial charge < -0.3 is 14.6 Å². The highest BCUT2D eigenvalue weighted by Crippen LogP contribution is 2.33. The largest absolute Gasteiger partial charge is 0.482 e. The van der Waals surface area contributed by atoms with Gasteiger partial charge in [0.2, 0.25) is 0 Å². The lowest BCUT2D eigenvalue weighted by atomic mass is 9.90. The van der Waals surface area contributed by atoms with Crippen LogP contribution in [0.2, 0.25) is 0 Å². The third kappa shape index (κ3) is 5.79. The Hall–Kier alpha value is -3.42. The van der Waals surface area contributed by atoms with Gasteiger partial charge >= 0.3 is 17.6 Å². The first-order valence-corrected chi connectivity index (χ1v) is 9.39. The van der Waals surface area contributed by atoms with Gasteiger partial charge in [-0.2, -0.15) is 0 Å². The molecule has 0 amide bonds. The van der Waals surface area contributed by atoms with Crippen LogP contribution in [-0.2, 0) is 20.9 Å². The van der Waals surface area contributed by atoms with E-state index in [1.807, 2.05) is 26.8 Å². The zero-order valence-electron chi connectivity index (χ0n) is 17.3. The highest BCUT2D eigenvalue weighted by atomic mass is 16.6. The molecule has 0 bridgehead atoms. The van der Waals surface area contributed by atoms with Crippen LogP contribution in [0.15, 0.2) is 48.5 Å². The van der Waals surface area contributed by atoms with Crippen molar-refractivity contribution in [2.75, 3.05) is 0 Å². The highest BCUT2D eigenvalue weighted by molar-refractivity contribution is 6.00. The van der Waals surface area contributed by atoms with Crippen LogP contribution in [0.5, 0.6) is 5.75 Å². The highest BCUT2D eigenvalue weighted by Gasteiger charge is 2.35. The minimum Gasteiger partial charge on any atom is -0.482 e. The summed E-state index contributed by atoms with van der Waals surface area (Å²) in [6.07, 6.45) is -0.529. The van der Waals surface area contributed by atoms with Gasteiger partial charge in [-0.25, -0.2) is 0 Å². The Bertz CT molecular complexity index is 919. The first kappa shape index (κ1) is 22.9. The molecule has 2 aromatic rings. The molecular formula is C22H25NO7. The number of nitrogens with zero attached hydrogens (tertiary/aromatic N) is 1. The van der Waals surface area contributed by atoms with Crippen molar-refractivity contribution >= 4 is 17.6 Å². The number of carboxylic acids is 1. The minimum atomic E-state index is -1.63. The smallest absolute Gasteiger partial charge is 0.325 e. The van der Waals surface area contributed by atoms with Gasteiger partial charge in [-0.1, -0.05) is 57.2 Å². The molecule has 8 heteroatoms. The molecule has 0 aliphatic carbocycles. The van der Waals surface area contributed by atoms with Crippen molar-refractivity contribution in [1.82, 2.24) is 0 Å². The molecule has 2 rings (SSSR count). The number of carboxylic acid groups (broad SMARTS) is 1. The van der Waals surface area contributed by atoms with Gasteiger partial charge in [-0.3, -0.25) is 19.7 Å². The number of rotatable bonds is 8. The number of hydrogen-bond acceptors (Lipinski definition) is 6. The summed E-state index contributed by atoms with van der Waals surface area (Å²) in [6.45, 7) is 7.32. The van der Waals surface area contributed by atoms with E-state index >= 15 is 0 Å². The maximum Gasteiger partial charge on any atom is 0.325 e. The molecule has 2 aromatic carbocycles. The van der Waals surface area contributed by atoms with Gasteiger partial charge in [0, 0.05) is 6.07 Å². The second kappa shape index (κ2) is 9.39. The van der Waals surface area contributed by atoms with Gasteiger partial charge in [-0.15, -0.1) is 0 Å². The van der Waals surface area contributed by atoms with Crippen LogP contribution < -0.4 is 4.74 Å². The second-order valence-corrected chi connectivity index (χ2v) is 7.97. The van der Waals surface area contributed by atoms with Crippen LogP contribution in [0.1, 0.15) is 44.7 Å². The predicted molar refractivity (Wildman–Crippen MR) is 109 cm³/mol. The maximum atomic E-state index is 12.6. The van der Waals surface area contributed by atoms with Gasteiger partial charge in [0.1, 0.15) is 12.7 Å². The number of nitro groups is 1. The van der Waals surface area contributed by atoms with Crippen LogP contribution in [0, 0.1) is 15.5 Å². The molecule has 2 unspecified atom stereocenters. The van der Waals surface area contributed by atoms with Crippen molar-refractivity contribution in [2.45, 2.75) is 46.3 Å². The molecular weight excluding hydrogens is 390 g/mol. The van der Waals surface area contributed by atoms with E-state index < -0.39 is 28.9 Å². The molecule has 0 aliphatic rings. The van der Waals surface area contributed by atoms with E-state index in [4.69, 9.17) is 9.47 Å². The number of nitro benzene ring substituents is 1. The van der Waals surface area contributed by atoms with Gasteiger partial charge in [-0.05, 0) is 29.5 Å². The normalized spacial score (nSPS) is 13.2. The zero-order valence-corrected chi connectivity index (χ0v) is 17.3. The van der Waals surface area contributed by atoms with Crippen molar-refractivity contribution in [3.63, 3.8) is 0 Å². The quantitative estimate of drug-likeness (QED) is 0.295. The van der Waals surface area contributed by atoms with Crippen molar-refractivity contribution in [3.8, 4) is 5.75 Å². The molecule has 0 spiro atoms. The SMILES string of the molecule is CC(OC(=O)C(C(=O)O)c1ccc([N+](=O)[O-])c(OCc2ccccc2)c1)C(C)(C)C. The number of ether oxygens (including phenoxy) is 2. The minimum absolute atomic E-state index is 0.0438. The van der Waals surface area contributed by atoms with E-state index in [1.165, 1.54) is 12.1 Å². The summed E-state index contributed by atoms with van der Waals surface area (Å²) >= 11 is 0.